The van der Waals surface area contributed by atoms with Crippen molar-refractivity contribution >= 4 is 25.1 Å². The molecular weight excluding hydrogens is 290 g/mol. The zero-order valence-electron chi connectivity index (χ0n) is 13.9. The minimum absolute atomic E-state index is 0.790. The van der Waals surface area contributed by atoms with E-state index in [2.05, 4.69) is 45.0 Å². The van der Waals surface area contributed by atoms with Crippen molar-refractivity contribution < 1.29 is 0 Å². The molecule has 2 aliphatic heterocycles. The molecule has 1 unspecified atom stereocenters. The van der Waals surface area contributed by atoms with Crippen LogP contribution < -0.4 is 10.6 Å². The fourth-order valence-electron chi connectivity index (χ4n) is 4.54. The van der Waals surface area contributed by atoms with Crippen molar-refractivity contribution in [2.45, 2.75) is 63.4 Å². The van der Waals surface area contributed by atoms with Gasteiger partial charge in [0.25, 0.3) is 0 Å². The van der Waals surface area contributed by atoms with Crippen molar-refractivity contribution in [2.24, 2.45) is 0 Å². The second-order valence-corrected chi connectivity index (χ2v) is 15.4. The van der Waals surface area contributed by atoms with E-state index in [4.69, 9.17) is 13.3 Å². The lowest BCUT2D eigenvalue weighted by molar-refractivity contribution is 0.777. The van der Waals surface area contributed by atoms with Crippen LogP contribution in [0.3, 0.4) is 0 Å². The quantitative estimate of drug-likeness (QED) is 0.512. The van der Waals surface area contributed by atoms with Gasteiger partial charge in [-0.3, -0.25) is 0 Å². The topological polar surface area (TPSA) is 0 Å². The summed E-state index contributed by atoms with van der Waals surface area (Å²) in [4.78, 5) is 0. The van der Waals surface area contributed by atoms with Crippen LogP contribution in [0.5, 0.6) is 0 Å². The summed E-state index contributed by atoms with van der Waals surface area (Å²) in [6.45, 7) is 17.1. The van der Waals surface area contributed by atoms with Crippen LogP contribution in [0.1, 0.15) is 46.5 Å². The molecule has 2 heteroatoms. The lowest BCUT2D eigenvalue weighted by Gasteiger charge is -2.39. The summed E-state index contributed by atoms with van der Waals surface area (Å²) in [6.07, 6.45) is 6.84. The van der Waals surface area contributed by atoms with Crippen molar-refractivity contribution in [1.82, 2.24) is 0 Å². The third kappa shape index (κ3) is 2.33. The molecule has 2 aliphatic rings. The first-order chi connectivity index (χ1) is 9.90. The molecule has 0 N–H and O–H groups in total. The molecule has 2 fully saturated rings. The van der Waals surface area contributed by atoms with Gasteiger partial charge in [-0.1, -0.05) is 26.7 Å². The van der Waals surface area contributed by atoms with Crippen molar-refractivity contribution in [3.8, 4) is 0 Å². The number of hydrogen-bond donors (Lipinski definition) is 0. The highest BCUT2D eigenvalue weighted by Gasteiger charge is 2.50. The molecule has 2 saturated heterocycles. The summed E-state index contributed by atoms with van der Waals surface area (Å²) in [5.74, 6) is 0. The first-order valence-electron chi connectivity index (χ1n) is 8.45. The molecule has 2 heterocycles. The molecule has 1 aromatic rings. The maximum Gasteiger partial charge on any atom is 0.104 e. The smallest absolute Gasteiger partial charge is 0.104 e. The molecule has 0 radical (unpaired) electrons. The minimum Gasteiger partial charge on any atom is -0.175 e. The summed E-state index contributed by atoms with van der Waals surface area (Å²) < 4.78 is 0. The number of benzene rings is 1. The van der Waals surface area contributed by atoms with Gasteiger partial charge < -0.3 is 0 Å². The summed E-state index contributed by atoms with van der Waals surface area (Å²) in [6, 6.07) is 9.33. The second-order valence-electron chi connectivity index (χ2n) is 7.44. The summed E-state index contributed by atoms with van der Waals surface area (Å²) in [7, 11) is -2.49. The van der Waals surface area contributed by atoms with Gasteiger partial charge in [0.2, 0.25) is 0 Å². The minimum atomic E-state index is -1.28. The SMILES string of the molecule is [CH2-][P+]1(c2ccccc2[P+]2([CH2-])[C@H](C)CC[C@H]2C)CCC[C@H]1C. The maximum atomic E-state index is 4.89. The van der Waals surface area contributed by atoms with Gasteiger partial charge in [-0.15, -0.1) is 0 Å². The largest absolute Gasteiger partial charge is 0.175 e. The van der Waals surface area contributed by atoms with Crippen LogP contribution in [-0.2, 0) is 0 Å². The predicted molar refractivity (Wildman–Crippen MR) is 102 cm³/mol. The zero-order chi connectivity index (χ0) is 15.3. The van der Waals surface area contributed by atoms with Crippen LogP contribution in [0, 0.1) is 13.3 Å². The molecule has 0 aliphatic carbocycles. The molecule has 4 atom stereocenters. The highest BCUT2D eigenvalue weighted by Crippen LogP contribution is 2.73. The predicted octanol–water partition coefficient (Wildman–Crippen LogP) is 5.31. The standard InChI is InChI=1S/C19H30P2/c1-15-9-8-14-20(15,4)18-10-6-7-11-19(18)21(5)16(2)12-13-17(21)3/h6-7,10-11,15-17H,4-5,8-9,12-14H2,1-3H3/t15-,16-,17-,20?/m1/s1. The Labute approximate surface area is 132 Å². The van der Waals surface area contributed by atoms with Crippen LogP contribution >= 0.6 is 14.5 Å². The van der Waals surface area contributed by atoms with E-state index in [-0.39, 0.29) is 0 Å². The van der Waals surface area contributed by atoms with Gasteiger partial charge in [-0.05, 0) is 58.6 Å². The third-order valence-electron chi connectivity index (χ3n) is 6.41. The van der Waals surface area contributed by atoms with E-state index < -0.39 is 14.5 Å². The average molecular weight is 320 g/mol. The van der Waals surface area contributed by atoms with E-state index in [1.807, 2.05) is 0 Å². The lowest BCUT2D eigenvalue weighted by atomic mass is 10.2. The molecule has 0 saturated carbocycles. The van der Waals surface area contributed by atoms with Crippen LogP contribution in [0.2, 0.25) is 0 Å². The van der Waals surface area contributed by atoms with E-state index in [0.29, 0.717) is 0 Å². The Morgan fingerprint density at radius 1 is 0.857 bits per heavy atom. The highest BCUT2D eigenvalue weighted by molar-refractivity contribution is 7.90. The molecule has 3 rings (SSSR count). The van der Waals surface area contributed by atoms with Gasteiger partial charge in [0.05, 0.1) is 0 Å². The van der Waals surface area contributed by atoms with E-state index in [9.17, 15) is 0 Å². The maximum absolute atomic E-state index is 4.89. The van der Waals surface area contributed by atoms with Crippen LogP contribution in [0.15, 0.2) is 24.3 Å². The Hall–Kier alpha value is 0.0800. The van der Waals surface area contributed by atoms with Crippen LogP contribution in [0.25, 0.3) is 0 Å². The zero-order valence-corrected chi connectivity index (χ0v) is 15.7. The summed E-state index contributed by atoms with van der Waals surface area (Å²) in [5.41, 5.74) is 2.38. The second kappa shape index (κ2) is 5.62. The molecule has 0 aromatic heterocycles. The van der Waals surface area contributed by atoms with Crippen molar-refractivity contribution in [3.63, 3.8) is 0 Å². The number of rotatable bonds is 2. The van der Waals surface area contributed by atoms with Crippen molar-refractivity contribution in [3.05, 3.63) is 37.6 Å². The highest BCUT2D eigenvalue weighted by atomic mass is 31.2. The summed E-state index contributed by atoms with van der Waals surface area (Å²) in [5, 5.41) is 3.30. The van der Waals surface area contributed by atoms with E-state index in [0.717, 1.165) is 17.0 Å². The van der Waals surface area contributed by atoms with Gasteiger partial charge in [0.15, 0.2) is 0 Å². The Kier molecular flexibility index (Phi) is 4.27. The summed E-state index contributed by atoms with van der Waals surface area (Å²) >= 11 is 0. The molecule has 0 amide bonds. The molecular formula is C19H30P2. The molecule has 1 aromatic carbocycles. The van der Waals surface area contributed by atoms with Crippen LogP contribution in [-0.4, -0.2) is 23.1 Å². The molecule has 0 bridgehead atoms. The Morgan fingerprint density at radius 2 is 1.43 bits per heavy atom. The Morgan fingerprint density at radius 3 is 1.95 bits per heavy atom. The van der Waals surface area contributed by atoms with Gasteiger partial charge in [-0.2, -0.15) is 13.3 Å². The fraction of sp³-hybridized carbons (Fsp3) is 0.579. The van der Waals surface area contributed by atoms with E-state index >= 15 is 0 Å². The molecule has 116 valence electrons. The number of hydrogen-bond acceptors (Lipinski definition) is 0. The molecule has 21 heavy (non-hydrogen) atoms. The Balaban J connectivity index is 2.13. The van der Waals surface area contributed by atoms with Gasteiger partial charge in [0, 0.05) is 23.1 Å². The third-order valence-corrected chi connectivity index (χ3v) is 15.9. The first-order valence-corrected chi connectivity index (χ1v) is 12.8. The molecule has 0 spiro atoms. The first kappa shape index (κ1) is 16.0. The van der Waals surface area contributed by atoms with E-state index in [1.165, 1.54) is 31.8 Å². The lowest BCUT2D eigenvalue weighted by Crippen LogP contribution is -2.35. The molecule has 0 nitrogen and oxygen atoms in total. The van der Waals surface area contributed by atoms with Gasteiger partial charge in [-0.25, -0.2) is 0 Å². The fourth-order valence-corrected chi connectivity index (χ4v) is 13.1. The average Bonchev–Trinajstić information content (AvgIpc) is 2.95. The van der Waals surface area contributed by atoms with Crippen molar-refractivity contribution in [2.75, 3.05) is 6.16 Å². The Bertz CT molecular complexity index is 514. The van der Waals surface area contributed by atoms with Gasteiger partial charge in [0.1, 0.15) is 10.6 Å². The van der Waals surface area contributed by atoms with Crippen molar-refractivity contribution in [1.29, 1.82) is 0 Å². The van der Waals surface area contributed by atoms with Gasteiger partial charge >= 0.3 is 0 Å². The van der Waals surface area contributed by atoms with E-state index in [1.54, 1.807) is 10.6 Å². The van der Waals surface area contributed by atoms with Crippen LogP contribution in [0.4, 0.5) is 0 Å². The monoisotopic (exact) mass is 320 g/mol. The normalized spacial score (nSPS) is 38.8.